The van der Waals surface area contributed by atoms with Crippen LogP contribution in [0.3, 0.4) is 0 Å². The van der Waals surface area contributed by atoms with Crippen LogP contribution in [0.5, 0.6) is 0 Å². The van der Waals surface area contributed by atoms with Crippen LogP contribution in [-0.4, -0.2) is 86.3 Å². The second-order valence-corrected chi connectivity index (χ2v) is 11.3. The normalized spacial score (nSPS) is 18.4. The highest BCUT2D eigenvalue weighted by Gasteiger charge is 2.29. The lowest BCUT2D eigenvalue weighted by Crippen LogP contribution is -2.37. The Bertz CT molecular complexity index is 874. The summed E-state index contributed by atoms with van der Waals surface area (Å²) in [6, 6.07) is 4.91. The monoisotopic (exact) mass is 499 g/mol. The van der Waals surface area contributed by atoms with Crippen molar-refractivity contribution in [3.8, 4) is 0 Å². The molecule has 0 aliphatic carbocycles. The van der Waals surface area contributed by atoms with E-state index in [1.54, 1.807) is 14.2 Å². The minimum Gasteiger partial charge on any atom is -0.449 e. The SMILES string of the molecule is CO[Si](C)(CCOC(=O)Nc1ccc(NC(=O)OCC2CO2)c(NC(=O)OCC2CO2)c1)OC. The highest BCUT2D eigenvalue weighted by Crippen LogP contribution is 2.27. The Hall–Kier alpha value is -2.91. The molecule has 1 aromatic rings. The molecule has 0 bridgehead atoms. The average Bonchev–Trinajstić information content (AvgIpc) is 3.73. The summed E-state index contributed by atoms with van der Waals surface area (Å²) >= 11 is 0. The van der Waals surface area contributed by atoms with Crippen molar-refractivity contribution in [2.75, 3.05) is 63.2 Å². The third kappa shape index (κ3) is 8.79. The number of epoxide rings is 2. The van der Waals surface area contributed by atoms with Crippen LogP contribution in [0.15, 0.2) is 18.2 Å². The summed E-state index contributed by atoms with van der Waals surface area (Å²) in [4.78, 5) is 36.4. The van der Waals surface area contributed by atoms with E-state index in [2.05, 4.69) is 16.0 Å². The summed E-state index contributed by atoms with van der Waals surface area (Å²) < 4.78 is 36.0. The van der Waals surface area contributed by atoms with Crippen molar-refractivity contribution < 1.29 is 46.9 Å². The van der Waals surface area contributed by atoms with Gasteiger partial charge in [-0.3, -0.25) is 16.0 Å². The molecule has 0 radical (unpaired) electrons. The first-order valence-corrected chi connectivity index (χ1v) is 13.1. The molecule has 1 aromatic carbocycles. The van der Waals surface area contributed by atoms with Gasteiger partial charge in [0.2, 0.25) is 0 Å². The number of carbonyl (C=O) groups is 3. The van der Waals surface area contributed by atoms with Gasteiger partial charge in [0.05, 0.1) is 31.2 Å². The maximum absolute atomic E-state index is 12.2. The standard InChI is InChI=1S/C20H29N3O10Si/c1-27-34(3,28-2)7-6-29-18(24)21-13-4-5-16(22-19(25)32-11-14-9-30-14)17(8-13)23-20(26)33-12-15-10-31-15/h4-5,8,14-15H,6-7,9-12H2,1-3H3,(H,21,24)(H,22,25)(H,23,26). The second kappa shape index (κ2) is 12.0. The zero-order valence-corrected chi connectivity index (χ0v) is 20.2. The average molecular weight is 500 g/mol. The van der Waals surface area contributed by atoms with Gasteiger partial charge < -0.3 is 32.5 Å². The molecule has 2 aliphatic rings. The van der Waals surface area contributed by atoms with Crippen LogP contribution in [0.1, 0.15) is 0 Å². The molecule has 34 heavy (non-hydrogen) atoms. The van der Waals surface area contributed by atoms with Gasteiger partial charge >= 0.3 is 26.8 Å². The van der Waals surface area contributed by atoms with Crippen LogP contribution in [-0.2, 0) is 32.5 Å². The van der Waals surface area contributed by atoms with Crippen LogP contribution >= 0.6 is 0 Å². The molecule has 2 unspecified atom stereocenters. The molecule has 0 saturated carbocycles. The number of hydrogen-bond acceptors (Lipinski definition) is 10. The first-order chi connectivity index (χ1) is 16.3. The highest BCUT2D eigenvalue weighted by molar-refractivity contribution is 6.66. The summed E-state index contributed by atoms with van der Waals surface area (Å²) in [6.07, 6.45) is -2.36. The van der Waals surface area contributed by atoms with Crippen molar-refractivity contribution >= 4 is 43.9 Å². The van der Waals surface area contributed by atoms with Crippen LogP contribution in [0.2, 0.25) is 12.6 Å². The third-order valence-electron chi connectivity index (χ3n) is 5.00. The number of nitrogens with one attached hydrogen (secondary N) is 3. The van der Waals surface area contributed by atoms with Crippen LogP contribution in [0, 0.1) is 0 Å². The Morgan fingerprint density at radius 3 is 1.94 bits per heavy atom. The Labute approximate surface area is 197 Å². The van der Waals surface area contributed by atoms with E-state index in [0.29, 0.717) is 24.9 Å². The van der Waals surface area contributed by atoms with E-state index in [4.69, 9.17) is 32.5 Å². The fourth-order valence-corrected chi connectivity index (χ4v) is 3.61. The zero-order chi connectivity index (χ0) is 24.6. The highest BCUT2D eigenvalue weighted by atomic mass is 28.4. The minimum atomic E-state index is -2.36. The largest absolute Gasteiger partial charge is 0.449 e. The quantitative estimate of drug-likeness (QED) is 0.222. The molecule has 2 aliphatic heterocycles. The molecule has 3 N–H and O–H groups in total. The van der Waals surface area contributed by atoms with Gasteiger partial charge in [0.25, 0.3) is 0 Å². The van der Waals surface area contributed by atoms with Crippen molar-refractivity contribution in [2.45, 2.75) is 24.8 Å². The summed E-state index contributed by atoms with van der Waals surface area (Å²) in [6.45, 7) is 3.27. The predicted molar refractivity (Wildman–Crippen MR) is 121 cm³/mol. The maximum atomic E-state index is 12.2. The van der Waals surface area contributed by atoms with E-state index in [0.717, 1.165) is 0 Å². The minimum absolute atomic E-state index is 0.0890. The molecular weight excluding hydrogens is 470 g/mol. The first-order valence-electron chi connectivity index (χ1n) is 10.6. The van der Waals surface area contributed by atoms with E-state index < -0.39 is 26.8 Å². The van der Waals surface area contributed by atoms with Gasteiger partial charge in [-0.05, 0) is 24.7 Å². The molecular formula is C20H29N3O10Si. The molecule has 13 nitrogen and oxygen atoms in total. The summed E-state index contributed by atoms with van der Waals surface area (Å²) in [5.74, 6) is 0. The number of carbonyl (C=O) groups excluding carboxylic acids is 3. The van der Waals surface area contributed by atoms with Crippen LogP contribution in [0.4, 0.5) is 31.4 Å². The van der Waals surface area contributed by atoms with E-state index >= 15 is 0 Å². The zero-order valence-electron chi connectivity index (χ0n) is 19.2. The molecule has 0 spiro atoms. The van der Waals surface area contributed by atoms with Gasteiger partial charge in [-0.15, -0.1) is 0 Å². The number of amides is 3. The Morgan fingerprint density at radius 1 is 0.882 bits per heavy atom. The molecule has 2 saturated heterocycles. The molecule has 2 atom stereocenters. The van der Waals surface area contributed by atoms with Crippen molar-refractivity contribution in [3.63, 3.8) is 0 Å². The Balaban J connectivity index is 1.58. The summed E-state index contributed by atoms with van der Waals surface area (Å²) in [5, 5.41) is 7.65. The molecule has 2 fully saturated rings. The summed E-state index contributed by atoms with van der Waals surface area (Å²) in [5.41, 5.74) is 0.731. The van der Waals surface area contributed by atoms with Crippen molar-refractivity contribution in [1.29, 1.82) is 0 Å². The fourth-order valence-electron chi connectivity index (χ4n) is 2.56. The number of rotatable bonds is 12. The molecule has 188 valence electrons. The fraction of sp³-hybridized carbons (Fsp3) is 0.550. The van der Waals surface area contributed by atoms with Crippen LogP contribution in [0.25, 0.3) is 0 Å². The van der Waals surface area contributed by atoms with Gasteiger partial charge in [-0.1, -0.05) is 0 Å². The number of ether oxygens (including phenoxy) is 5. The first kappa shape index (κ1) is 25.7. The van der Waals surface area contributed by atoms with E-state index in [-0.39, 0.29) is 43.4 Å². The number of hydrogen-bond donors (Lipinski definition) is 3. The van der Waals surface area contributed by atoms with E-state index in [9.17, 15) is 14.4 Å². The lowest BCUT2D eigenvalue weighted by molar-refractivity contribution is 0.149. The molecule has 0 aromatic heterocycles. The van der Waals surface area contributed by atoms with Gasteiger partial charge in [0.1, 0.15) is 25.4 Å². The molecule has 3 rings (SSSR count). The lowest BCUT2D eigenvalue weighted by Gasteiger charge is -2.22. The van der Waals surface area contributed by atoms with Crippen molar-refractivity contribution in [1.82, 2.24) is 0 Å². The molecule has 14 heteroatoms. The van der Waals surface area contributed by atoms with E-state index in [1.165, 1.54) is 18.2 Å². The van der Waals surface area contributed by atoms with Gasteiger partial charge in [-0.25, -0.2) is 14.4 Å². The van der Waals surface area contributed by atoms with Crippen molar-refractivity contribution in [3.05, 3.63) is 18.2 Å². The topological polar surface area (TPSA) is 159 Å². The lowest BCUT2D eigenvalue weighted by atomic mass is 10.2. The Morgan fingerprint density at radius 2 is 1.41 bits per heavy atom. The van der Waals surface area contributed by atoms with Gasteiger partial charge in [0, 0.05) is 26.0 Å². The van der Waals surface area contributed by atoms with Gasteiger partial charge in [0.15, 0.2) is 0 Å². The smallest absolute Gasteiger partial charge is 0.411 e. The van der Waals surface area contributed by atoms with Crippen LogP contribution < -0.4 is 16.0 Å². The Kier molecular flexibility index (Phi) is 9.06. The maximum Gasteiger partial charge on any atom is 0.411 e. The molecule has 2 heterocycles. The van der Waals surface area contributed by atoms with E-state index in [1.807, 2.05) is 6.55 Å². The summed E-state index contributed by atoms with van der Waals surface area (Å²) in [7, 11) is 0.744. The predicted octanol–water partition coefficient (Wildman–Crippen LogP) is 2.49. The number of anilines is 3. The third-order valence-corrected chi connectivity index (χ3v) is 7.84. The molecule has 3 amide bonds. The van der Waals surface area contributed by atoms with Gasteiger partial charge in [-0.2, -0.15) is 0 Å². The second-order valence-electron chi connectivity index (χ2n) is 7.67. The number of benzene rings is 1. The van der Waals surface area contributed by atoms with Crippen molar-refractivity contribution in [2.24, 2.45) is 0 Å².